The van der Waals surface area contributed by atoms with Crippen LogP contribution in [0.4, 0.5) is 0 Å². The molecule has 1 N–H and O–H groups in total. The van der Waals surface area contributed by atoms with E-state index in [9.17, 15) is 4.79 Å². The summed E-state index contributed by atoms with van der Waals surface area (Å²) in [5.74, 6) is 1.30. The Bertz CT molecular complexity index is 1570. The molecule has 2 aliphatic heterocycles. The summed E-state index contributed by atoms with van der Waals surface area (Å²) in [6.45, 7) is 0. The smallest absolute Gasteiger partial charge is 0.279 e. The van der Waals surface area contributed by atoms with E-state index >= 15 is 0 Å². The van der Waals surface area contributed by atoms with Gasteiger partial charge >= 0.3 is 0 Å². The van der Waals surface area contributed by atoms with E-state index in [0.717, 1.165) is 33.8 Å². The van der Waals surface area contributed by atoms with E-state index in [1.165, 1.54) is 0 Å². The summed E-state index contributed by atoms with van der Waals surface area (Å²) >= 11 is 0. The first-order valence-corrected chi connectivity index (χ1v) is 11.2. The molecule has 3 heterocycles. The van der Waals surface area contributed by atoms with Gasteiger partial charge in [-0.15, -0.1) is 0 Å². The number of benzene rings is 3. The zero-order valence-electron chi connectivity index (χ0n) is 18.3. The molecule has 34 heavy (non-hydrogen) atoms. The molecule has 0 spiro atoms. The largest absolute Gasteiger partial charge is 0.469 e. The molecule has 0 aliphatic carbocycles. The van der Waals surface area contributed by atoms with Crippen molar-refractivity contribution in [3.63, 3.8) is 0 Å². The highest BCUT2D eigenvalue weighted by Crippen LogP contribution is 2.37. The van der Waals surface area contributed by atoms with Crippen molar-refractivity contribution >= 4 is 0 Å². The van der Waals surface area contributed by atoms with Crippen molar-refractivity contribution in [1.29, 1.82) is 0 Å². The van der Waals surface area contributed by atoms with E-state index in [-0.39, 0.29) is 5.56 Å². The number of hydrogen-bond donors (Lipinski definition) is 1. The van der Waals surface area contributed by atoms with Crippen LogP contribution in [0.15, 0.2) is 119 Å². The molecule has 0 bridgehead atoms. The van der Waals surface area contributed by atoms with Crippen LogP contribution >= 0.6 is 0 Å². The summed E-state index contributed by atoms with van der Waals surface area (Å²) in [4.78, 5) is 22.3. The maximum atomic E-state index is 13.9. The molecule has 6 rings (SSSR count). The molecular formula is C29H21N3O2. The van der Waals surface area contributed by atoms with Gasteiger partial charge < -0.3 is 9.40 Å². The third-order valence-electron chi connectivity index (χ3n) is 5.93. The van der Waals surface area contributed by atoms with Crippen LogP contribution in [0.2, 0.25) is 0 Å². The quantitative estimate of drug-likeness (QED) is 0.346. The molecule has 0 saturated heterocycles. The molecule has 5 nitrogen and oxygen atoms in total. The highest BCUT2D eigenvalue weighted by atomic mass is 16.3. The predicted octanol–water partition coefficient (Wildman–Crippen LogP) is 6.18. The van der Waals surface area contributed by atoms with Crippen molar-refractivity contribution in [3.8, 4) is 39.6 Å². The van der Waals surface area contributed by atoms with E-state index in [0.29, 0.717) is 23.7 Å². The fourth-order valence-electron chi connectivity index (χ4n) is 4.36. The molecule has 5 heteroatoms. The first-order chi connectivity index (χ1) is 16.8. The van der Waals surface area contributed by atoms with Crippen LogP contribution in [0, 0.1) is 0 Å². The second kappa shape index (κ2) is 8.37. The predicted molar refractivity (Wildman–Crippen MR) is 133 cm³/mol. The maximum Gasteiger partial charge on any atom is 0.279 e. The number of aromatic amines is 1. The highest BCUT2D eigenvalue weighted by molar-refractivity contribution is 5.84. The lowest BCUT2D eigenvalue weighted by atomic mass is 10.0. The number of imidazole rings is 1. The average Bonchev–Trinajstić information content (AvgIpc) is 3.53. The van der Waals surface area contributed by atoms with Crippen molar-refractivity contribution in [2.75, 3.05) is 0 Å². The monoisotopic (exact) mass is 443 g/mol. The van der Waals surface area contributed by atoms with E-state index in [1.807, 2.05) is 103 Å². The number of nitrogens with zero attached hydrogens (tertiary/aromatic N) is 2. The van der Waals surface area contributed by atoms with Crippen LogP contribution in [0.3, 0.4) is 0 Å². The fourth-order valence-corrected chi connectivity index (χ4v) is 4.36. The van der Waals surface area contributed by atoms with Crippen LogP contribution in [-0.2, 0) is 6.42 Å². The number of hydrogen-bond acceptors (Lipinski definition) is 3. The Kier molecular flexibility index (Phi) is 4.92. The maximum absolute atomic E-state index is 13.9. The van der Waals surface area contributed by atoms with Gasteiger partial charge in [-0.3, -0.25) is 9.36 Å². The van der Waals surface area contributed by atoms with Gasteiger partial charge in [-0.05, 0) is 12.1 Å². The molecule has 0 saturated carbocycles. The minimum Gasteiger partial charge on any atom is -0.469 e. The molecule has 0 fully saturated rings. The Morgan fingerprint density at radius 1 is 0.706 bits per heavy atom. The van der Waals surface area contributed by atoms with Gasteiger partial charge in [-0.1, -0.05) is 91.0 Å². The van der Waals surface area contributed by atoms with Crippen LogP contribution in [-0.4, -0.2) is 14.5 Å². The number of H-pyrrole nitrogens is 1. The zero-order chi connectivity index (χ0) is 22.9. The Morgan fingerprint density at radius 3 is 1.88 bits per heavy atom. The zero-order valence-corrected chi connectivity index (χ0v) is 18.3. The summed E-state index contributed by atoms with van der Waals surface area (Å²) in [6.07, 6.45) is 1.94. The van der Waals surface area contributed by atoms with Gasteiger partial charge in [0.2, 0.25) is 0 Å². The topological polar surface area (TPSA) is 63.8 Å². The molecule has 0 atom stereocenters. The molecule has 1 aromatic heterocycles. The van der Waals surface area contributed by atoms with Crippen molar-refractivity contribution in [1.82, 2.24) is 14.5 Å². The van der Waals surface area contributed by atoms with E-state index in [4.69, 9.17) is 9.40 Å². The number of rotatable bonds is 5. The van der Waals surface area contributed by atoms with Crippen molar-refractivity contribution in [2.45, 2.75) is 6.42 Å². The van der Waals surface area contributed by atoms with Crippen molar-refractivity contribution < 1.29 is 4.42 Å². The van der Waals surface area contributed by atoms with E-state index in [2.05, 4.69) is 4.98 Å². The molecule has 4 aromatic rings. The van der Waals surface area contributed by atoms with Crippen LogP contribution in [0.1, 0.15) is 11.5 Å². The summed E-state index contributed by atoms with van der Waals surface area (Å²) in [5, 5.41) is 0. The van der Waals surface area contributed by atoms with E-state index < -0.39 is 0 Å². The van der Waals surface area contributed by atoms with Crippen molar-refractivity contribution in [2.24, 2.45) is 0 Å². The number of nitrogens with one attached hydrogen (secondary N) is 1. The first kappa shape index (κ1) is 20.0. The summed E-state index contributed by atoms with van der Waals surface area (Å²) < 4.78 is 7.26. The van der Waals surface area contributed by atoms with E-state index in [1.54, 1.807) is 10.8 Å². The van der Waals surface area contributed by atoms with Crippen LogP contribution in [0.25, 0.3) is 39.6 Å². The fraction of sp³-hybridized carbons (Fsp3) is 0.0345. The summed E-state index contributed by atoms with van der Waals surface area (Å²) in [7, 11) is 0. The molecular weight excluding hydrogens is 422 g/mol. The molecule has 3 aromatic carbocycles. The van der Waals surface area contributed by atoms with Gasteiger partial charge in [0, 0.05) is 16.7 Å². The SMILES string of the molecule is O=c1c(Cc2ccco2)nc2c(-c3ccccc3)[nH]c(-c3ccccc3)c(-c3ccccc3)n1-2. The van der Waals surface area contributed by atoms with Crippen LogP contribution < -0.4 is 5.56 Å². The molecule has 0 unspecified atom stereocenters. The summed E-state index contributed by atoms with van der Waals surface area (Å²) in [6, 6.07) is 33.7. The molecule has 2 aliphatic rings. The lowest BCUT2D eigenvalue weighted by molar-refractivity contribution is 0.519. The molecule has 0 radical (unpaired) electrons. The van der Waals surface area contributed by atoms with Gasteiger partial charge in [0.1, 0.15) is 11.5 Å². The normalized spacial score (nSPS) is 11.2. The first-order valence-electron chi connectivity index (χ1n) is 11.2. The lowest BCUT2D eigenvalue weighted by Gasteiger charge is -2.20. The lowest BCUT2D eigenvalue weighted by Crippen LogP contribution is -2.20. The standard InChI is InChI=1S/C29H21N3O2/c33-29-24(19-23-17-10-18-34-23)30-28-26(21-13-6-2-7-14-21)31-25(20-11-4-1-5-12-20)27(32(28)29)22-15-8-3-9-16-22/h1-18,31H,19H2. The highest BCUT2D eigenvalue weighted by Gasteiger charge is 2.27. The molecule has 164 valence electrons. The minimum absolute atomic E-state index is 0.145. The Morgan fingerprint density at radius 2 is 1.29 bits per heavy atom. The van der Waals surface area contributed by atoms with Gasteiger partial charge in [-0.2, -0.15) is 0 Å². The number of aromatic nitrogens is 3. The van der Waals surface area contributed by atoms with Gasteiger partial charge in [-0.25, -0.2) is 4.98 Å². The van der Waals surface area contributed by atoms with Gasteiger partial charge in [0.05, 0.1) is 29.8 Å². The summed E-state index contributed by atoms with van der Waals surface area (Å²) in [5.41, 5.74) is 5.61. The van der Waals surface area contributed by atoms with Crippen molar-refractivity contribution in [3.05, 3.63) is 131 Å². The third kappa shape index (κ3) is 3.44. The molecule has 0 amide bonds. The number of furan rings is 1. The van der Waals surface area contributed by atoms with Gasteiger partial charge in [0.15, 0.2) is 5.82 Å². The number of fused-ring (bicyclic) bond motifs is 1. The second-order valence-corrected chi connectivity index (χ2v) is 8.10. The Labute approximate surface area is 196 Å². The third-order valence-corrected chi connectivity index (χ3v) is 5.93. The average molecular weight is 444 g/mol. The van der Waals surface area contributed by atoms with Crippen LogP contribution in [0.5, 0.6) is 0 Å². The Balaban J connectivity index is 1.72. The minimum atomic E-state index is -0.145. The van der Waals surface area contributed by atoms with Gasteiger partial charge in [0.25, 0.3) is 5.56 Å². The second-order valence-electron chi connectivity index (χ2n) is 8.10. The Hall–Kier alpha value is -4.64.